The first-order chi connectivity index (χ1) is 19.7. The molecule has 0 amide bonds. The zero-order chi connectivity index (χ0) is 26.8. The van der Waals surface area contributed by atoms with Crippen LogP contribution in [0.4, 0.5) is 0 Å². The third-order valence-electron chi connectivity index (χ3n) is 8.94. The molecule has 6 aromatic carbocycles. The van der Waals surface area contributed by atoms with E-state index in [-0.39, 0.29) is 12.0 Å². The highest BCUT2D eigenvalue weighted by Crippen LogP contribution is 2.63. The van der Waals surface area contributed by atoms with Crippen molar-refractivity contribution in [2.45, 2.75) is 18.9 Å². The van der Waals surface area contributed by atoms with E-state index in [0.717, 1.165) is 11.1 Å². The van der Waals surface area contributed by atoms with Crippen LogP contribution in [0.15, 0.2) is 133 Å². The van der Waals surface area contributed by atoms with Crippen LogP contribution >= 0.6 is 0 Å². The molecule has 0 radical (unpaired) electrons. The van der Waals surface area contributed by atoms with Crippen molar-refractivity contribution in [3.05, 3.63) is 167 Å². The van der Waals surface area contributed by atoms with Gasteiger partial charge in [-0.15, -0.1) is 0 Å². The van der Waals surface area contributed by atoms with E-state index in [1.807, 2.05) is 12.1 Å². The molecule has 8 rings (SSSR count). The van der Waals surface area contributed by atoms with Crippen molar-refractivity contribution < 1.29 is 5.11 Å². The molecule has 6 aromatic rings. The van der Waals surface area contributed by atoms with Crippen LogP contribution in [0.2, 0.25) is 0 Å². The van der Waals surface area contributed by atoms with Gasteiger partial charge in [-0.05, 0) is 91.4 Å². The molecule has 0 heterocycles. The number of hydrogen-bond donors (Lipinski definition) is 1. The number of benzene rings is 6. The summed E-state index contributed by atoms with van der Waals surface area (Å²) in [6.45, 7) is 2.19. The first-order valence-electron chi connectivity index (χ1n) is 13.9. The fraction of sp³-hybridized carbons (Fsp3) is 0.0769. The molecule has 0 aliphatic heterocycles. The number of fused-ring (bicyclic) bond motifs is 10. The van der Waals surface area contributed by atoms with Gasteiger partial charge in [0, 0.05) is 0 Å². The van der Waals surface area contributed by atoms with Crippen molar-refractivity contribution in [1.29, 1.82) is 0 Å². The molecule has 2 aliphatic rings. The molecule has 40 heavy (non-hydrogen) atoms. The van der Waals surface area contributed by atoms with Gasteiger partial charge in [-0.2, -0.15) is 0 Å². The second-order valence-corrected chi connectivity index (χ2v) is 11.1. The van der Waals surface area contributed by atoms with Gasteiger partial charge in [-0.3, -0.25) is 0 Å². The van der Waals surface area contributed by atoms with E-state index in [0.29, 0.717) is 0 Å². The van der Waals surface area contributed by atoms with Gasteiger partial charge in [0.1, 0.15) is 0 Å². The first kappa shape index (κ1) is 23.2. The number of aliphatic hydroxyl groups excluding tert-OH is 1. The average Bonchev–Trinajstić information content (AvgIpc) is 3.48. The summed E-state index contributed by atoms with van der Waals surface area (Å²) in [5, 5.41) is 9.57. The van der Waals surface area contributed by atoms with Crippen molar-refractivity contribution >= 4 is 0 Å². The van der Waals surface area contributed by atoms with Crippen molar-refractivity contribution in [1.82, 2.24) is 0 Å². The molecule has 0 saturated carbocycles. The maximum Gasteiger partial charge on any atom is 0.0725 e. The van der Waals surface area contributed by atoms with Crippen LogP contribution in [0.3, 0.4) is 0 Å². The normalized spacial score (nSPS) is 13.6. The van der Waals surface area contributed by atoms with E-state index in [4.69, 9.17) is 0 Å². The van der Waals surface area contributed by atoms with Crippen LogP contribution in [0.1, 0.15) is 33.4 Å². The summed E-state index contributed by atoms with van der Waals surface area (Å²) in [5.41, 5.74) is 17.3. The van der Waals surface area contributed by atoms with Gasteiger partial charge >= 0.3 is 0 Å². The third-order valence-corrected chi connectivity index (χ3v) is 8.94. The van der Waals surface area contributed by atoms with Crippen molar-refractivity contribution in [2.75, 3.05) is 0 Å². The molecule has 2 aliphatic carbocycles. The molecule has 1 N–H and O–H groups in total. The summed E-state index contributed by atoms with van der Waals surface area (Å²) >= 11 is 0. The molecule has 0 atom stereocenters. The van der Waals surface area contributed by atoms with Crippen LogP contribution in [0.25, 0.3) is 44.5 Å². The molecule has 0 saturated heterocycles. The molecule has 190 valence electrons. The Kier molecular flexibility index (Phi) is 5.01. The lowest BCUT2D eigenvalue weighted by molar-refractivity contribution is 0.282. The van der Waals surface area contributed by atoms with Gasteiger partial charge in [0.25, 0.3) is 0 Å². The van der Waals surface area contributed by atoms with Gasteiger partial charge in [0.15, 0.2) is 0 Å². The lowest BCUT2D eigenvalue weighted by Gasteiger charge is -2.31. The Labute approximate surface area is 235 Å². The Morgan fingerprint density at radius 3 is 1.38 bits per heavy atom. The average molecular weight is 513 g/mol. The van der Waals surface area contributed by atoms with E-state index < -0.39 is 0 Å². The minimum absolute atomic E-state index is 0.0553. The predicted molar refractivity (Wildman–Crippen MR) is 164 cm³/mol. The van der Waals surface area contributed by atoms with Gasteiger partial charge in [0.2, 0.25) is 0 Å². The summed E-state index contributed by atoms with van der Waals surface area (Å²) in [6, 6.07) is 49.1. The minimum atomic E-state index is -0.389. The SMILES string of the molecule is Cc1ccc(-c2ccc3c(c2)C2(c4ccccc4-c4ccccc42)c2cc(-c4ccc(CO)cc4)ccc2-3)cc1. The molecule has 0 unspecified atom stereocenters. The number of hydrogen-bond acceptors (Lipinski definition) is 1. The van der Waals surface area contributed by atoms with Crippen LogP contribution in [-0.4, -0.2) is 5.11 Å². The zero-order valence-corrected chi connectivity index (χ0v) is 22.4. The van der Waals surface area contributed by atoms with E-state index in [1.54, 1.807) is 0 Å². The minimum Gasteiger partial charge on any atom is -0.392 e. The maximum absolute atomic E-state index is 9.57. The third kappa shape index (κ3) is 3.13. The second-order valence-electron chi connectivity index (χ2n) is 11.1. The van der Waals surface area contributed by atoms with Crippen molar-refractivity contribution in [3.8, 4) is 44.5 Å². The Balaban J connectivity index is 1.44. The van der Waals surface area contributed by atoms with Crippen LogP contribution in [0.5, 0.6) is 0 Å². The quantitative estimate of drug-likeness (QED) is 0.250. The molecule has 0 fully saturated rings. The highest BCUT2D eigenvalue weighted by molar-refractivity contribution is 5.96. The van der Waals surface area contributed by atoms with E-state index in [9.17, 15) is 5.11 Å². The molecule has 0 bridgehead atoms. The fourth-order valence-electron chi connectivity index (χ4n) is 7.05. The largest absolute Gasteiger partial charge is 0.392 e. The molecular weight excluding hydrogens is 484 g/mol. The van der Waals surface area contributed by atoms with Gasteiger partial charge in [-0.1, -0.05) is 127 Å². The lowest BCUT2D eigenvalue weighted by atomic mass is 9.70. The molecule has 1 heteroatoms. The molecule has 0 aromatic heterocycles. The lowest BCUT2D eigenvalue weighted by Crippen LogP contribution is -2.26. The van der Waals surface area contributed by atoms with Gasteiger partial charge in [-0.25, -0.2) is 0 Å². The monoisotopic (exact) mass is 512 g/mol. The van der Waals surface area contributed by atoms with Crippen LogP contribution < -0.4 is 0 Å². The molecule has 1 nitrogen and oxygen atoms in total. The Morgan fingerprint density at radius 1 is 0.450 bits per heavy atom. The zero-order valence-electron chi connectivity index (χ0n) is 22.4. The van der Waals surface area contributed by atoms with Crippen molar-refractivity contribution in [3.63, 3.8) is 0 Å². The standard InChI is InChI=1S/C39H28O/c1-25-10-14-27(15-11-25)29-18-20-33-34-21-19-30(28-16-12-26(24-40)13-17-28)23-38(34)39(37(33)22-29)35-8-4-2-6-31(35)32-7-3-5-9-36(32)39/h2-23,40H,24H2,1H3. The highest BCUT2D eigenvalue weighted by atomic mass is 16.3. The summed E-state index contributed by atoms with van der Waals surface area (Å²) in [4.78, 5) is 0. The summed E-state index contributed by atoms with van der Waals surface area (Å²) < 4.78 is 0. The highest BCUT2D eigenvalue weighted by Gasteiger charge is 2.51. The Morgan fingerprint density at radius 2 is 0.875 bits per heavy atom. The Bertz CT molecular complexity index is 1880. The first-order valence-corrected chi connectivity index (χ1v) is 13.9. The summed E-state index contributed by atoms with van der Waals surface area (Å²) in [7, 11) is 0. The van der Waals surface area contributed by atoms with Gasteiger partial charge < -0.3 is 5.11 Å². The van der Waals surface area contributed by atoms with Crippen LogP contribution in [0, 0.1) is 6.92 Å². The smallest absolute Gasteiger partial charge is 0.0725 e. The van der Waals surface area contributed by atoms with E-state index in [2.05, 4.69) is 128 Å². The van der Waals surface area contributed by atoms with Gasteiger partial charge in [0.05, 0.1) is 12.0 Å². The number of aliphatic hydroxyl groups is 1. The Hall–Kier alpha value is -4.72. The second kappa shape index (κ2) is 8.64. The maximum atomic E-state index is 9.57. The predicted octanol–water partition coefficient (Wildman–Crippen LogP) is 9.16. The summed E-state index contributed by atoms with van der Waals surface area (Å²) in [5.74, 6) is 0. The molecular formula is C39H28O. The van der Waals surface area contributed by atoms with Crippen LogP contribution in [-0.2, 0) is 12.0 Å². The van der Waals surface area contributed by atoms with E-state index >= 15 is 0 Å². The fourth-order valence-corrected chi connectivity index (χ4v) is 7.05. The van der Waals surface area contributed by atoms with Crippen molar-refractivity contribution in [2.24, 2.45) is 0 Å². The molecule has 1 spiro atoms. The summed E-state index contributed by atoms with van der Waals surface area (Å²) in [6.07, 6.45) is 0. The van der Waals surface area contributed by atoms with E-state index in [1.165, 1.54) is 66.8 Å². The topological polar surface area (TPSA) is 20.2 Å². The number of rotatable bonds is 3. The number of aryl methyl sites for hydroxylation is 1.